The Morgan fingerprint density at radius 1 is 1.28 bits per heavy atom. The maximum Gasteiger partial charge on any atom is 0.160 e. The number of fused-ring (bicyclic) bond motifs is 1. The Morgan fingerprint density at radius 3 is 2.33 bits per heavy atom. The van der Waals surface area contributed by atoms with Crippen molar-refractivity contribution in [3.8, 4) is 0 Å². The lowest BCUT2D eigenvalue weighted by Gasteiger charge is -2.31. The number of carbonyl (C=O) groups is 1. The van der Waals surface area contributed by atoms with Gasteiger partial charge >= 0.3 is 0 Å². The normalized spacial score (nSPS) is 23.8. The minimum Gasteiger partial charge on any atom is -0.295 e. The van der Waals surface area contributed by atoms with Crippen LogP contribution in [0.25, 0.3) is 0 Å². The highest BCUT2D eigenvalue weighted by Crippen LogP contribution is 2.47. The summed E-state index contributed by atoms with van der Waals surface area (Å²) in [5.41, 5.74) is 4.48. The lowest BCUT2D eigenvalue weighted by atomic mass is 9.81. The van der Waals surface area contributed by atoms with E-state index in [4.69, 9.17) is 0 Å². The van der Waals surface area contributed by atoms with Crippen LogP contribution in [-0.2, 0) is 5.41 Å². The molecule has 1 aliphatic rings. The molecule has 0 aliphatic carbocycles. The molecule has 18 heavy (non-hydrogen) atoms. The number of Topliss-reactive ketones (excluding diaryl/α,β-unsaturated/α-hetero) is 1. The van der Waals surface area contributed by atoms with Crippen molar-refractivity contribution < 1.29 is 4.79 Å². The summed E-state index contributed by atoms with van der Waals surface area (Å²) in [5.74, 6) is 0.192. The van der Waals surface area contributed by atoms with Crippen LogP contribution < -0.4 is 5.19 Å². The van der Waals surface area contributed by atoms with Crippen molar-refractivity contribution in [2.75, 3.05) is 0 Å². The second kappa shape index (κ2) is 3.80. The maximum absolute atomic E-state index is 11.7. The standard InChI is InChI=1S/C16H24OSi/c1-10-8-14-15(9-13(10)11(2)17)18(6,7)12(3)16(14,4)5/h8-9,12H,1-7H3. The van der Waals surface area contributed by atoms with Gasteiger partial charge in [-0.25, -0.2) is 0 Å². The van der Waals surface area contributed by atoms with Crippen LogP contribution in [0.5, 0.6) is 0 Å². The molecule has 0 spiro atoms. The number of benzene rings is 1. The molecule has 2 heteroatoms. The smallest absolute Gasteiger partial charge is 0.160 e. The molecule has 1 aromatic carbocycles. The van der Waals surface area contributed by atoms with Gasteiger partial charge in [0.05, 0.1) is 8.07 Å². The minimum atomic E-state index is -1.45. The van der Waals surface area contributed by atoms with Crippen LogP contribution in [-0.4, -0.2) is 13.9 Å². The number of hydrogen-bond acceptors (Lipinski definition) is 1. The fourth-order valence-corrected chi connectivity index (χ4v) is 7.55. The molecule has 1 unspecified atom stereocenters. The summed E-state index contributed by atoms with van der Waals surface area (Å²) in [5, 5.41) is 1.50. The summed E-state index contributed by atoms with van der Waals surface area (Å²) in [6, 6.07) is 4.47. The fourth-order valence-electron chi connectivity index (χ4n) is 3.52. The second-order valence-electron chi connectivity index (χ2n) is 6.93. The van der Waals surface area contributed by atoms with Crippen molar-refractivity contribution in [3.05, 3.63) is 28.8 Å². The van der Waals surface area contributed by atoms with Gasteiger partial charge in [0.2, 0.25) is 0 Å². The van der Waals surface area contributed by atoms with E-state index >= 15 is 0 Å². The molecule has 2 rings (SSSR count). The van der Waals surface area contributed by atoms with Gasteiger partial charge in [0, 0.05) is 5.56 Å². The highest BCUT2D eigenvalue weighted by Gasteiger charge is 2.49. The summed E-state index contributed by atoms with van der Waals surface area (Å²) >= 11 is 0. The first-order chi connectivity index (χ1) is 8.10. The Morgan fingerprint density at radius 2 is 1.83 bits per heavy atom. The number of ketones is 1. The van der Waals surface area contributed by atoms with Gasteiger partial charge < -0.3 is 0 Å². The summed E-state index contributed by atoms with van der Waals surface area (Å²) in [7, 11) is -1.45. The summed E-state index contributed by atoms with van der Waals surface area (Å²) in [4.78, 5) is 11.7. The van der Waals surface area contributed by atoms with Gasteiger partial charge in [-0.05, 0) is 35.9 Å². The van der Waals surface area contributed by atoms with E-state index in [-0.39, 0.29) is 11.2 Å². The molecular weight excluding hydrogens is 236 g/mol. The van der Waals surface area contributed by atoms with Crippen molar-refractivity contribution in [1.29, 1.82) is 0 Å². The van der Waals surface area contributed by atoms with Crippen LogP contribution in [0.2, 0.25) is 18.6 Å². The van der Waals surface area contributed by atoms with E-state index in [1.54, 1.807) is 6.92 Å². The topological polar surface area (TPSA) is 17.1 Å². The van der Waals surface area contributed by atoms with Crippen molar-refractivity contribution in [2.45, 2.75) is 58.7 Å². The molecule has 1 aromatic rings. The molecule has 1 atom stereocenters. The van der Waals surface area contributed by atoms with Gasteiger partial charge in [-0.3, -0.25) is 4.79 Å². The summed E-state index contributed by atoms with van der Waals surface area (Å²) < 4.78 is 0. The predicted octanol–water partition coefficient (Wildman–Crippen LogP) is 3.79. The first kappa shape index (κ1) is 13.5. The number of rotatable bonds is 1. The molecule has 0 saturated heterocycles. The third-order valence-corrected chi connectivity index (χ3v) is 9.99. The average Bonchev–Trinajstić information content (AvgIpc) is 2.37. The Hall–Kier alpha value is -0.893. The molecule has 0 fully saturated rings. The van der Waals surface area contributed by atoms with E-state index in [0.29, 0.717) is 5.54 Å². The number of carbonyl (C=O) groups excluding carboxylic acids is 1. The van der Waals surface area contributed by atoms with Gasteiger partial charge in [-0.2, -0.15) is 0 Å². The van der Waals surface area contributed by atoms with E-state index in [1.165, 1.54) is 10.8 Å². The highest BCUT2D eigenvalue weighted by molar-refractivity contribution is 6.92. The van der Waals surface area contributed by atoms with E-state index in [9.17, 15) is 4.79 Å². The zero-order chi connectivity index (χ0) is 13.9. The van der Waals surface area contributed by atoms with E-state index in [2.05, 4.69) is 52.9 Å². The van der Waals surface area contributed by atoms with Gasteiger partial charge in [-0.15, -0.1) is 0 Å². The Kier molecular flexibility index (Phi) is 2.86. The molecule has 0 amide bonds. The molecule has 0 aromatic heterocycles. The predicted molar refractivity (Wildman–Crippen MR) is 80.7 cm³/mol. The van der Waals surface area contributed by atoms with Gasteiger partial charge in [0.1, 0.15) is 0 Å². The molecule has 0 saturated carbocycles. The minimum absolute atomic E-state index is 0.192. The first-order valence-electron chi connectivity index (χ1n) is 6.76. The molecule has 98 valence electrons. The molecule has 0 bridgehead atoms. The molecule has 1 nitrogen and oxygen atoms in total. The number of hydrogen-bond donors (Lipinski definition) is 0. The molecule has 1 aliphatic heterocycles. The third-order valence-electron chi connectivity index (χ3n) is 5.30. The quantitative estimate of drug-likeness (QED) is 0.554. The van der Waals surface area contributed by atoms with Gasteiger partial charge in [0.15, 0.2) is 5.78 Å². The van der Waals surface area contributed by atoms with E-state index in [1.807, 2.05) is 0 Å². The van der Waals surface area contributed by atoms with Crippen LogP contribution in [0.1, 0.15) is 49.2 Å². The summed E-state index contributed by atoms with van der Waals surface area (Å²) in [6.45, 7) is 15.7. The van der Waals surface area contributed by atoms with Crippen LogP contribution in [0, 0.1) is 6.92 Å². The zero-order valence-corrected chi connectivity index (χ0v) is 13.6. The first-order valence-corrected chi connectivity index (χ1v) is 9.84. The van der Waals surface area contributed by atoms with Crippen LogP contribution in [0.15, 0.2) is 12.1 Å². The molecule has 0 radical (unpaired) electrons. The van der Waals surface area contributed by atoms with Gasteiger partial charge in [-0.1, -0.05) is 51.2 Å². The monoisotopic (exact) mass is 260 g/mol. The van der Waals surface area contributed by atoms with Crippen molar-refractivity contribution in [1.82, 2.24) is 0 Å². The Balaban J connectivity index is 2.76. The zero-order valence-electron chi connectivity index (χ0n) is 12.6. The van der Waals surface area contributed by atoms with Crippen molar-refractivity contribution >= 4 is 19.0 Å². The van der Waals surface area contributed by atoms with Crippen LogP contribution in [0.4, 0.5) is 0 Å². The van der Waals surface area contributed by atoms with Crippen molar-refractivity contribution in [2.24, 2.45) is 0 Å². The largest absolute Gasteiger partial charge is 0.295 e. The maximum atomic E-state index is 11.7. The third kappa shape index (κ3) is 1.62. The Bertz CT molecular complexity index is 526. The summed E-state index contributed by atoms with van der Waals surface area (Å²) in [6.07, 6.45) is 0. The molecular formula is C16H24OSi. The number of aryl methyl sites for hydroxylation is 1. The molecule has 0 N–H and O–H groups in total. The highest BCUT2D eigenvalue weighted by atomic mass is 28.3. The Labute approximate surface area is 112 Å². The van der Waals surface area contributed by atoms with E-state index < -0.39 is 8.07 Å². The van der Waals surface area contributed by atoms with Crippen molar-refractivity contribution in [3.63, 3.8) is 0 Å². The lowest BCUT2D eigenvalue weighted by molar-refractivity contribution is 0.101. The fraction of sp³-hybridized carbons (Fsp3) is 0.562. The van der Waals surface area contributed by atoms with Gasteiger partial charge in [0.25, 0.3) is 0 Å². The van der Waals surface area contributed by atoms with Crippen LogP contribution in [0.3, 0.4) is 0 Å². The molecule has 1 heterocycles. The van der Waals surface area contributed by atoms with E-state index in [0.717, 1.165) is 11.1 Å². The average molecular weight is 260 g/mol. The lowest BCUT2D eigenvalue weighted by Crippen LogP contribution is -2.42. The van der Waals surface area contributed by atoms with Crippen LogP contribution >= 0.6 is 0 Å². The second-order valence-corrected chi connectivity index (χ2v) is 11.8. The SMILES string of the molecule is CC(=O)c1cc2c(cc1C)C(C)(C)C(C)[Si]2(C)C.